The van der Waals surface area contributed by atoms with Gasteiger partial charge in [0.05, 0.1) is 6.20 Å². The van der Waals surface area contributed by atoms with E-state index in [4.69, 9.17) is 5.73 Å². The summed E-state index contributed by atoms with van der Waals surface area (Å²) in [5.41, 5.74) is 7.50. The van der Waals surface area contributed by atoms with Crippen LogP contribution in [0.2, 0.25) is 0 Å². The van der Waals surface area contributed by atoms with Crippen LogP contribution < -0.4 is 5.73 Å². The molecule has 0 saturated heterocycles. The predicted molar refractivity (Wildman–Crippen MR) is 68.0 cm³/mol. The normalized spacial score (nSPS) is 10.8. The van der Waals surface area contributed by atoms with Gasteiger partial charge in [-0.25, -0.2) is 9.50 Å². The number of nitrogen functional groups attached to an aromatic ring is 1. The lowest BCUT2D eigenvalue weighted by molar-refractivity contribution is 0.915. The van der Waals surface area contributed by atoms with Crippen LogP contribution >= 0.6 is 11.8 Å². The number of rotatable bonds is 2. The highest BCUT2D eigenvalue weighted by molar-refractivity contribution is 7.99. The van der Waals surface area contributed by atoms with E-state index in [0.717, 1.165) is 21.3 Å². The summed E-state index contributed by atoms with van der Waals surface area (Å²) in [7, 11) is 0. The molecule has 5 heteroatoms. The third-order valence-electron chi connectivity index (χ3n) is 2.37. The van der Waals surface area contributed by atoms with Gasteiger partial charge in [-0.05, 0) is 18.2 Å². The van der Waals surface area contributed by atoms with Crippen LogP contribution in [0.5, 0.6) is 0 Å². The molecule has 2 heterocycles. The largest absolute Gasteiger partial charge is 0.398 e. The van der Waals surface area contributed by atoms with Crippen LogP contribution in [0.4, 0.5) is 5.69 Å². The van der Waals surface area contributed by atoms with Gasteiger partial charge in [-0.15, -0.1) is 0 Å². The maximum absolute atomic E-state index is 5.89. The fraction of sp³-hybridized carbons (Fsp3) is 0. The molecule has 0 fully saturated rings. The molecule has 0 spiro atoms. The smallest absolute Gasteiger partial charge is 0.156 e. The first-order valence-electron chi connectivity index (χ1n) is 5.16. The van der Waals surface area contributed by atoms with Crippen molar-refractivity contribution >= 4 is 23.1 Å². The van der Waals surface area contributed by atoms with Crippen LogP contribution in [-0.2, 0) is 0 Å². The zero-order valence-electron chi connectivity index (χ0n) is 8.95. The molecule has 0 atom stereocenters. The van der Waals surface area contributed by atoms with Gasteiger partial charge in [0, 0.05) is 22.8 Å². The molecule has 0 bridgehead atoms. The van der Waals surface area contributed by atoms with E-state index in [1.165, 1.54) is 0 Å². The number of para-hydroxylation sites is 1. The van der Waals surface area contributed by atoms with Gasteiger partial charge in [-0.3, -0.25) is 0 Å². The van der Waals surface area contributed by atoms with E-state index in [1.807, 2.05) is 42.6 Å². The molecular formula is C12H10N4S. The van der Waals surface area contributed by atoms with Gasteiger partial charge in [0.15, 0.2) is 5.65 Å². The second kappa shape index (κ2) is 4.10. The molecule has 0 unspecified atom stereocenters. The Kier molecular flexibility index (Phi) is 2.45. The summed E-state index contributed by atoms with van der Waals surface area (Å²) in [5.74, 6) is 0. The number of nitrogens with zero attached hydrogens (tertiary/aromatic N) is 3. The minimum absolute atomic E-state index is 0.771. The average Bonchev–Trinajstić information content (AvgIpc) is 2.79. The number of hydrogen-bond acceptors (Lipinski definition) is 4. The van der Waals surface area contributed by atoms with Gasteiger partial charge in [-0.2, -0.15) is 5.10 Å². The number of anilines is 1. The van der Waals surface area contributed by atoms with E-state index in [-0.39, 0.29) is 0 Å². The molecule has 0 aliphatic rings. The SMILES string of the molecule is Nc1ccccc1Sc1ccn2nccc2n1. The van der Waals surface area contributed by atoms with Crippen molar-refractivity contribution in [1.82, 2.24) is 14.6 Å². The van der Waals surface area contributed by atoms with E-state index in [9.17, 15) is 0 Å². The quantitative estimate of drug-likeness (QED) is 0.554. The van der Waals surface area contributed by atoms with Crippen molar-refractivity contribution < 1.29 is 0 Å². The van der Waals surface area contributed by atoms with Gasteiger partial charge < -0.3 is 5.73 Å². The van der Waals surface area contributed by atoms with Crippen molar-refractivity contribution in [3.05, 3.63) is 48.8 Å². The van der Waals surface area contributed by atoms with Crippen molar-refractivity contribution in [3.63, 3.8) is 0 Å². The molecule has 84 valence electrons. The van der Waals surface area contributed by atoms with Crippen molar-refractivity contribution in [3.8, 4) is 0 Å². The van der Waals surface area contributed by atoms with E-state index in [1.54, 1.807) is 22.5 Å². The molecule has 3 rings (SSSR count). The second-order valence-electron chi connectivity index (χ2n) is 3.54. The molecule has 0 radical (unpaired) electrons. The molecule has 0 aliphatic heterocycles. The van der Waals surface area contributed by atoms with Crippen LogP contribution in [0.25, 0.3) is 5.65 Å². The predicted octanol–water partition coefficient (Wildman–Crippen LogP) is 2.46. The summed E-state index contributed by atoms with van der Waals surface area (Å²) in [6.45, 7) is 0. The minimum atomic E-state index is 0.771. The fourth-order valence-corrected chi connectivity index (χ4v) is 2.36. The Bertz CT molecular complexity index is 662. The van der Waals surface area contributed by atoms with Crippen LogP contribution in [0.1, 0.15) is 0 Å². The summed E-state index contributed by atoms with van der Waals surface area (Å²) in [6, 6.07) is 11.6. The lowest BCUT2D eigenvalue weighted by Gasteiger charge is -2.04. The van der Waals surface area contributed by atoms with Crippen molar-refractivity contribution in [2.75, 3.05) is 5.73 Å². The van der Waals surface area contributed by atoms with Crippen LogP contribution in [0.15, 0.2) is 58.7 Å². The maximum Gasteiger partial charge on any atom is 0.156 e. The molecular weight excluding hydrogens is 232 g/mol. The number of hydrogen-bond donors (Lipinski definition) is 1. The zero-order valence-corrected chi connectivity index (χ0v) is 9.76. The van der Waals surface area contributed by atoms with Gasteiger partial charge in [0.2, 0.25) is 0 Å². The summed E-state index contributed by atoms with van der Waals surface area (Å²) in [4.78, 5) is 5.50. The molecule has 0 aliphatic carbocycles. The van der Waals surface area contributed by atoms with E-state index in [0.29, 0.717) is 0 Å². The van der Waals surface area contributed by atoms with Crippen molar-refractivity contribution in [2.24, 2.45) is 0 Å². The number of fused-ring (bicyclic) bond motifs is 1. The summed E-state index contributed by atoms with van der Waals surface area (Å²) >= 11 is 1.56. The average molecular weight is 242 g/mol. The minimum Gasteiger partial charge on any atom is -0.398 e. The highest BCUT2D eigenvalue weighted by Crippen LogP contribution is 2.30. The van der Waals surface area contributed by atoms with Gasteiger partial charge in [0.1, 0.15) is 5.03 Å². The van der Waals surface area contributed by atoms with Gasteiger partial charge >= 0.3 is 0 Å². The number of benzene rings is 1. The monoisotopic (exact) mass is 242 g/mol. The van der Waals surface area contributed by atoms with Crippen LogP contribution in [-0.4, -0.2) is 14.6 Å². The van der Waals surface area contributed by atoms with Crippen LogP contribution in [0.3, 0.4) is 0 Å². The van der Waals surface area contributed by atoms with E-state index < -0.39 is 0 Å². The van der Waals surface area contributed by atoms with E-state index in [2.05, 4.69) is 10.1 Å². The highest BCUT2D eigenvalue weighted by Gasteiger charge is 2.03. The summed E-state index contributed by atoms with van der Waals surface area (Å²) < 4.78 is 1.73. The Morgan fingerprint density at radius 2 is 2.00 bits per heavy atom. The summed E-state index contributed by atoms with van der Waals surface area (Å²) in [6.07, 6.45) is 3.62. The molecule has 0 amide bonds. The first kappa shape index (κ1) is 10.2. The number of aromatic nitrogens is 3. The molecule has 2 aromatic heterocycles. The molecule has 3 aromatic rings. The molecule has 1 aromatic carbocycles. The second-order valence-corrected chi connectivity index (χ2v) is 4.60. The zero-order chi connectivity index (χ0) is 11.7. The molecule has 0 saturated carbocycles. The Morgan fingerprint density at radius 1 is 1.12 bits per heavy atom. The number of nitrogens with two attached hydrogens (primary N) is 1. The highest BCUT2D eigenvalue weighted by atomic mass is 32.2. The van der Waals surface area contributed by atoms with Crippen molar-refractivity contribution in [2.45, 2.75) is 9.92 Å². The Balaban J connectivity index is 1.97. The van der Waals surface area contributed by atoms with Crippen molar-refractivity contribution in [1.29, 1.82) is 0 Å². The van der Waals surface area contributed by atoms with Gasteiger partial charge in [0.25, 0.3) is 0 Å². The topological polar surface area (TPSA) is 56.2 Å². The summed E-state index contributed by atoms with van der Waals surface area (Å²) in [5, 5.41) is 5.02. The Morgan fingerprint density at radius 3 is 2.88 bits per heavy atom. The van der Waals surface area contributed by atoms with Crippen LogP contribution in [0, 0.1) is 0 Å². The third-order valence-corrected chi connectivity index (χ3v) is 3.39. The standard InChI is InChI=1S/C12H10N4S/c13-9-3-1-2-4-10(9)17-12-6-8-16-11(15-12)5-7-14-16/h1-8H,13H2. The lowest BCUT2D eigenvalue weighted by Crippen LogP contribution is -1.91. The molecule has 4 nitrogen and oxygen atoms in total. The van der Waals surface area contributed by atoms with Gasteiger partial charge in [-0.1, -0.05) is 23.9 Å². The maximum atomic E-state index is 5.89. The Hall–Kier alpha value is -2.01. The molecule has 2 N–H and O–H groups in total. The third kappa shape index (κ3) is 1.97. The first-order valence-corrected chi connectivity index (χ1v) is 5.97. The first-order chi connectivity index (χ1) is 8.33. The fourth-order valence-electron chi connectivity index (χ4n) is 1.54. The van der Waals surface area contributed by atoms with E-state index >= 15 is 0 Å². The Labute approximate surface area is 102 Å². The molecule has 17 heavy (non-hydrogen) atoms. The lowest BCUT2D eigenvalue weighted by atomic mass is 10.3.